The number of likely N-dealkylation sites (tertiary alicyclic amines) is 1. The topological polar surface area (TPSA) is 55.3 Å². The normalized spacial score (nSPS) is 24.3. The highest BCUT2D eigenvalue weighted by molar-refractivity contribution is 14.0. The number of hydrogen-bond donors (Lipinski definition) is 1. The van der Waals surface area contributed by atoms with Crippen LogP contribution in [0, 0.1) is 5.41 Å². The SMILES string of the molecule is CN=C(NCCCCOCCOC)N1CCC2(CCOC2)C1.I. The quantitative estimate of drug-likeness (QED) is 0.269. The predicted molar refractivity (Wildman–Crippen MR) is 103 cm³/mol. The van der Waals surface area contributed by atoms with E-state index >= 15 is 0 Å². The fourth-order valence-electron chi connectivity index (χ4n) is 3.19. The highest BCUT2D eigenvalue weighted by Crippen LogP contribution is 2.38. The van der Waals surface area contributed by atoms with Crippen molar-refractivity contribution >= 4 is 29.9 Å². The van der Waals surface area contributed by atoms with E-state index in [1.807, 2.05) is 7.05 Å². The van der Waals surface area contributed by atoms with Gasteiger partial charge in [-0.05, 0) is 25.7 Å². The van der Waals surface area contributed by atoms with Crippen molar-refractivity contribution in [2.75, 3.05) is 66.8 Å². The summed E-state index contributed by atoms with van der Waals surface area (Å²) >= 11 is 0. The molecule has 2 aliphatic heterocycles. The fourth-order valence-corrected chi connectivity index (χ4v) is 3.19. The lowest BCUT2D eigenvalue weighted by Crippen LogP contribution is -2.41. The van der Waals surface area contributed by atoms with Gasteiger partial charge in [-0.2, -0.15) is 0 Å². The summed E-state index contributed by atoms with van der Waals surface area (Å²) in [5.74, 6) is 1.03. The zero-order chi connectivity index (χ0) is 15.7. The number of nitrogens with one attached hydrogen (secondary N) is 1. The van der Waals surface area contributed by atoms with E-state index in [1.165, 1.54) is 12.8 Å². The molecule has 2 saturated heterocycles. The molecule has 0 aromatic rings. The van der Waals surface area contributed by atoms with Crippen LogP contribution in [0.3, 0.4) is 0 Å². The molecule has 0 aromatic heterocycles. The maximum Gasteiger partial charge on any atom is 0.193 e. The van der Waals surface area contributed by atoms with E-state index in [9.17, 15) is 0 Å². The molecular weight excluding hydrogens is 409 g/mol. The number of guanidine groups is 1. The zero-order valence-corrected chi connectivity index (χ0v) is 16.8. The van der Waals surface area contributed by atoms with E-state index in [4.69, 9.17) is 14.2 Å². The van der Waals surface area contributed by atoms with Gasteiger partial charge in [-0.15, -0.1) is 24.0 Å². The van der Waals surface area contributed by atoms with Gasteiger partial charge >= 0.3 is 0 Å². The molecule has 1 atom stereocenters. The molecule has 7 heteroatoms. The van der Waals surface area contributed by atoms with Gasteiger partial charge in [0.2, 0.25) is 0 Å². The third kappa shape index (κ3) is 6.72. The highest BCUT2D eigenvalue weighted by atomic mass is 127. The maximum absolute atomic E-state index is 5.59. The first-order valence-corrected chi connectivity index (χ1v) is 8.40. The molecular formula is C16H32IN3O3. The Morgan fingerprint density at radius 1 is 1.26 bits per heavy atom. The standard InChI is InChI=1S/C16H31N3O3.HI/c1-17-15(18-7-3-4-9-21-12-11-20-2)19-8-5-16(13-19)6-10-22-14-16;/h3-14H2,1-2H3,(H,17,18);1H. The van der Waals surface area contributed by atoms with Gasteiger partial charge in [-0.3, -0.25) is 4.99 Å². The van der Waals surface area contributed by atoms with Crippen molar-refractivity contribution in [1.29, 1.82) is 0 Å². The van der Waals surface area contributed by atoms with E-state index < -0.39 is 0 Å². The zero-order valence-electron chi connectivity index (χ0n) is 14.5. The molecule has 1 unspecified atom stereocenters. The third-order valence-corrected chi connectivity index (χ3v) is 4.56. The van der Waals surface area contributed by atoms with Gasteiger partial charge in [0.25, 0.3) is 0 Å². The number of aliphatic imine (C=N–C) groups is 1. The Kier molecular flexibility index (Phi) is 10.4. The van der Waals surface area contributed by atoms with Gasteiger partial charge in [-0.25, -0.2) is 0 Å². The smallest absolute Gasteiger partial charge is 0.193 e. The van der Waals surface area contributed by atoms with E-state index in [1.54, 1.807) is 7.11 Å². The molecule has 0 aliphatic carbocycles. The molecule has 2 aliphatic rings. The molecule has 1 spiro atoms. The van der Waals surface area contributed by atoms with Crippen LogP contribution in [0.2, 0.25) is 0 Å². The van der Waals surface area contributed by atoms with Crippen LogP contribution in [0.15, 0.2) is 4.99 Å². The predicted octanol–water partition coefficient (Wildman–Crippen LogP) is 1.74. The van der Waals surface area contributed by atoms with Gasteiger partial charge in [-0.1, -0.05) is 0 Å². The molecule has 6 nitrogen and oxygen atoms in total. The number of ether oxygens (including phenoxy) is 3. The monoisotopic (exact) mass is 441 g/mol. The Morgan fingerprint density at radius 3 is 2.83 bits per heavy atom. The molecule has 0 saturated carbocycles. The van der Waals surface area contributed by atoms with Crippen LogP contribution < -0.4 is 5.32 Å². The number of halogens is 1. The summed E-state index contributed by atoms with van der Waals surface area (Å²) in [5, 5.41) is 3.47. The summed E-state index contributed by atoms with van der Waals surface area (Å²) in [5.41, 5.74) is 0.382. The summed E-state index contributed by atoms with van der Waals surface area (Å²) in [6.45, 7) is 7.10. The molecule has 23 heavy (non-hydrogen) atoms. The average molecular weight is 441 g/mol. The van der Waals surface area contributed by atoms with Crippen molar-refractivity contribution in [3.8, 4) is 0 Å². The molecule has 136 valence electrons. The average Bonchev–Trinajstić information content (AvgIpc) is 3.16. The van der Waals surface area contributed by atoms with E-state index in [0.29, 0.717) is 18.6 Å². The van der Waals surface area contributed by atoms with Crippen LogP contribution in [0.5, 0.6) is 0 Å². The summed E-state index contributed by atoms with van der Waals surface area (Å²) in [6.07, 6.45) is 4.57. The Morgan fingerprint density at radius 2 is 2.13 bits per heavy atom. The molecule has 0 amide bonds. The first kappa shape index (κ1) is 20.9. The molecule has 0 aromatic carbocycles. The molecule has 2 heterocycles. The van der Waals surface area contributed by atoms with Crippen LogP contribution in [-0.4, -0.2) is 77.7 Å². The van der Waals surface area contributed by atoms with Gasteiger partial charge in [0.05, 0.1) is 19.8 Å². The minimum atomic E-state index is 0. The van der Waals surface area contributed by atoms with Crippen LogP contribution in [0.25, 0.3) is 0 Å². The number of nitrogens with zero attached hydrogens (tertiary/aromatic N) is 2. The van der Waals surface area contributed by atoms with Gasteiger partial charge in [0, 0.05) is 52.4 Å². The first-order valence-electron chi connectivity index (χ1n) is 8.40. The van der Waals surface area contributed by atoms with Crippen molar-refractivity contribution in [1.82, 2.24) is 10.2 Å². The molecule has 2 rings (SSSR count). The Bertz CT molecular complexity index is 349. The van der Waals surface area contributed by atoms with Crippen LogP contribution in [0.4, 0.5) is 0 Å². The van der Waals surface area contributed by atoms with Crippen molar-refractivity contribution in [3.05, 3.63) is 0 Å². The van der Waals surface area contributed by atoms with Crippen molar-refractivity contribution in [3.63, 3.8) is 0 Å². The van der Waals surface area contributed by atoms with E-state index in [0.717, 1.165) is 58.3 Å². The lowest BCUT2D eigenvalue weighted by molar-refractivity contribution is 0.0689. The number of hydrogen-bond acceptors (Lipinski definition) is 4. The summed E-state index contributed by atoms with van der Waals surface area (Å²) < 4.78 is 16.0. The summed E-state index contributed by atoms with van der Waals surface area (Å²) in [4.78, 5) is 6.80. The Balaban J connectivity index is 0.00000264. The molecule has 0 bridgehead atoms. The second-order valence-electron chi connectivity index (χ2n) is 6.26. The minimum Gasteiger partial charge on any atom is -0.382 e. The summed E-state index contributed by atoms with van der Waals surface area (Å²) in [7, 11) is 3.56. The third-order valence-electron chi connectivity index (χ3n) is 4.56. The second-order valence-corrected chi connectivity index (χ2v) is 6.26. The molecule has 1 N–H and O–H groups in total. The highest BCUT2D eigenvalue weighted by Gasteiger charge is 2.42. The van der Waals surface area contributed by atoms with Gasteiger partial charge < -0.3 is 24.4 Å². The number of unbranched alkanes of at least 4 members (excludes halogenated alkanes) is 1. The minimum absolute atomic E-state index is 0. The van der Waals surface area contributed by atoms with E-state index in [2.05, 4.69) is 15.2 Å². The lowest BCUT2D eigenvalue weighted by atomic mass is 9.87. The lowest BCUT2D eigenvalue weighted by Gasteiger charge is -2.24. The molecule has 0 radical (unpaired) electrons. The maximum atomic E-state index is 5.59. The Hall–Kier alpha value is -0.120. The fraction of sp³-hybridized carbons (Fsp3) is 0.938. The van der Waals surface area contributed by atoms with Crippen molar-refractivity contribution in [2.24, 2.45) is 10.4 Å². The van der Waals surface area contributed by atoms with Crippen LogP contribution in [0.1, 0.15) is 25.7 Å². The largest absolute Gasteiger partial charge is 0.382 e. The Labute approximate surface area is 157 Å². The van der Waals surface area contributed by atoms with Crippen LogP contribution >= 0.6 is 24.0 Å². The van der Waals surface area contributed by atoms with Gasteiger partial charge in [0.1, 0.15) is 0 Å². The van der Waals surface area contributed by atoms with Crippen molar-refractivity contribution in [2.45, 2.75) is 25.7 Å². The van der Waals surface area contributed by atoms with E-state index in [-0.39, 0.29) is 24.0 Å². The second kappa shape index (κ2) is 11.4. The van der Waals surface area contributed by atoms with Gasteiger partial charge in [0.15, 0.2) is 5.96 Å². The first-order chi connectivity index (χ1) is 10.8. The van der Waals surface area contributed by atoms with Crippen molar-refractivity contribution < 1.29 is 14.2 Å². The molecule has 2 fully saturated rings. The van der Waals surface area contributed by atoms with Crippen LogP contribution in [-0.2, 0) is 14.2 Å². The summed E-state index contributed by atoms with van der Waals surface area (Å²) in [6, 6.07) is 0. The number of rotatable bonds is 8. The number of methoxy groups -OCH3 is 1.